The lowest BCUT2D eigenvalue weighted by Gasteiger charge is -2.24. The number of hydrogen-bond acceptors (Lipinski definition) is 3. The Morgan fingerprint density at radius 1 is 1.19 bits per heavy atom. The number of carbonyl (C=O) groups excluding carboxylic acids is 1. The van der Waals surface area contributed by atoms with E-state index in [-0.39, 0.29) is 18.5 Å². The van der Waals surface area contributed by atoms with Crippen LogP contribution in [0.2, 0.25) is 0 Å². The third kappa shape index (κ3) is 4.48. The van der Waals surface area contributed by atoms with E-state index >= 15 is 0 Å². The van der Waals surface area contributed by atoms with Crippen LogP contribution in [0, 0.1) is 5.92 Å². The molecule has 1 aliphatic carbocycles. The summed E-state index contributed by atoms with van der Waals surface area (Å²) < 4.78 is 5.71. The fourth-order valence-electron chi connectivity index (χ4n) is 3.13. The number of para-hydroxylation sites is 1. The predicted molar refractivity (Wildman–Crippen MR) is 104 cm³/mol. The van der Waals surface area contributed by atoms with Crippen LogP contribution in [0.1, 0.15) is 37.0 Å². The number of hydrogen-bond donors (Lipinski definition) is 1. The second-order valence-electron chi connectivity index (χ2n) is 6.94. The van der Waals surface area contributed by atoms with Crippen molar-refractivity contribution >= 4 is 11.9 Å². The van der Waals surface area contributed by atoms with Crippen molar-refractivity contribution in [1.82, 2.24) is 4.90 Å². The van der Waals surface area contributed by atoms with Crippen molar-refractivity contribution in [1.29, 1.82) is 0 Å². The number of amides is 1. The minimum absolute atomic E-state index is 0.110. The highest BCUT2D eigenvalue weighted by atomic mass is 16.5. The maximum Gasteiger partial charge on any atom is 0.308 e. The second-order valence-corrected chi connectivity index (χ2v) is 6.94. The third-order valence-electron chi connectivity index (χ3n) is 4.75. The largest absolute Gasteiger partial charge is 0.493 e. The van der Waals surface area contributed by atoms with Crippen LogP contribution in [0.4, 0.5) is 0 Å². The predicted octanol–water partition coefficient (Wildman–Crippen LogP) is 4.08. The molecule has 0 heterocycles. The molecule has 5 heteroatoms. The van der Waals surface area contributed by atoms with E-state index in [2.05, 4.69) is 0 Å². The zero-order valence-electron chi connectivity index (χ0n) is 15.7. The zero-order valence-corrected chi connectivity index (χ0v) is 15.7. The standard InChI is InChI=1S/C22H25NO4/c1-3-27-20-10-5-4-9-19(20)16-7-6-8-17(13-16)21(24)23(18-11-12-18)14-15(2)22(25)26/h4-10,13,15,18H,3,11-12,14H2,1-2H3,(H,25,26). The minimum Gasteiger partial charge on any atom is -0.493 e. The fourth-order valence-corrected chi connectivity index (χ4v) is 3.13. The van der Waals surface area contributed by atoms with Crippen LogP contribution in [0.3, 0.4) is 0 Å². The Morgan fingerprint density at radius 3 is 2.59 bits per heavy atom. The van der Waals surface area contributed by atoms with Crippen molar-refractivity contribution in [3.63, 3.8) is 0 Å². The number of aliphatic carboxylic acids is 1. The summed E-state index contributed by atoms with van der Waals surface area (Å²) in [4.78, 5) is 26.0. The highest BCUT2D eigenvalue weighted by molar-refractivity contribution is 5.96. The number of ether oxygens (including phenoxy) is 1. The molecule has 5 nitrogen and oxygen atoms in total. The number of carboxylic acid groups (broad SMARTS) is 1. The Kier molecular flexibility index (Phi) is 5.79. The average Bonchev–Trinajstić information content (AvgIpc) is 3.51. The summed E-state index contributed by atoms with van der Waals surface area (Å²) in [6.45, 7) is 4.38. The Balaban J connectivity index is 1.88. The Hall–Kier alpha value is -2.82. The van der Waals surface area contributed by atoms with Crippen LogP contribution >= 0.6 is 0 Å². The summed E-state index contributed by atoms with van der Waals surface area (Å²) in [5.41, 5.74) is 2.42. The van der Waals surface area contributed by atoms with Gasteiger partial charge in [0.05, 0.1) is 12.5 Å². The van der Waals surface area contributed by atoms with Crippen molar-refractivity contribution in [2.45, 2.75) is 32.7 Å². The molecule has 1 amide bonds. The maximum absolute atomic E-state index is 13.1. The SMILES string of the molecule is CCOc1ccccc1-c1cccc(C(=O)N(CC(C)C(=O)O)C2CC2)c1. The number of carboxylic acids is 1. The first-order valence-corrected chi connectivity index (χ1v) is 9.37. The molecule has 0 saturated heterocycles. The summed E-state index contributed by atoms with van der Waals surface area (Å²) in [7, 11) is 0. The smallest absolute Gasteiger partial charge is 0.308 e. The van der Waals surface area contributed by atoms with Crippen molar-refractivity contribution in [3.05, 3.63) is 54.1 Å². The Bertz CT molecular complexity index is 829. The number of nitrogens with zero attached hydrogens (tertiary/aromatic N) is 1. The van der Waals surface area contributed by atoms with Crippen molar-refractivity contribution < 1.29 is 19.4 Å². The zero-order chi connectivity index (χ0) is 19.4. The number of rotatable bonds is 8. The van der Waals surface area contributed by atoms with Gasteiger partial charge in [0.25, 0.3) is 5.91 Å². The molecule has 0 bridgehead atoms. The van der Waals surface area contributed by atoms with Gasteiger partial charge < -0.3 is 14.7 Å². The molecule has 3 rings (SSSR count). The van der Waals surface area contributed by atoms with Gasteiger partial charge >= 0.3 is 5.97 Å². The molecule has 0 radical (unpaired) electrons. The molecule has 0 aromatic heterocycles. The topological polar surface area (TPSA) is 66.8 Å². The van der Waals surface area contributed by atoms with Gasteiger partial charge in [-0.2, -0.15) is 0 Å². The van der Waals surface area contributed by atoms with Gasteiger partial charge in [-0.1, -0.05) is 37.3 Å². The van der Waals surface area contributed by atoms with Crippen LogP contribution in [0.25, 0.3) is 11.1 Å². The number of carbonyl (C=O) groups is 2. The lowest BCUT2D eigenvalue weighted by atomic mass is 10.0. The molecule has 1 atom stereocenters. The molecule has 0 spiro atoms. The molecule has 2 aromatic rings. The van der Waals surface area contributed by atoms with Gasteiger partial charge in [0.2, 0.25) is 0 Å². The summed E-state index contributed by atoms with van der Waals surface area (Å²) in [6.07, 6.45) is 1.87. The van der Waals surface area contributed by atoms with E-state index in [1.165, 1.54) is 0 Å². The van der Waals surface area contributed by atoms with Crippen molar-refractivity contribution in [2.75, 3.05) is 13.2 Å². The molecule has 27 heavy (non-hydrogen) atoms. The van der Waals surface area contributed by atoms with Gasteiger partial charge in [0.1, 0.15) is 5.75 Å². The average molecular weight is 367 g/mol. The first kappa shape index (κ1) is 19.0. The van der Waals surface area contributed by atoms with E-state index in [1.54, 1.807) is 17.9 Å². The first-order chi connectivity index (χ1) is 13.0. The quantitative estimate of drug-likeness (QED) is 0.763. The highest BCUT2D eigenvalue weighted by Gasteiger charge is 2.35. The molecule has 1 aliphatic rings. The van der Waals surface area contributed by atoms with Gasteiger partial charge in [-0.15, -0.1) is 0 Å². The van der Waals surface area contributed by atoms with E-state index < -0.39 is 11.9 Å². The Morgan fingerprint density at radius 2 is 1.93 bits per heavy atom. The molecule has 1 saturated carbocycles. The first-order valence-electron chi connectivity index (χ1n) is 9.37. The summed E-state index contributed by atoms with van der Waals surface area (Å²) in [5.74, 6) is -0.797. The van der Waals surface area contributed by atoms with E-state index in [9.17, 15) is 14.7 Å². The molecule has 1 N–H and O–H groups in total. The van der Waals surface area contributed by atoms with Crippen LogP contribution < -0.4 is 4.74 Å². The van der Waals surface area contributed by atoms with E-state index in [1.807, 2.05) is 49.4 Å². The van der Waals surface area contributed by atoms with Gasteiger partial charge in [-0.25, -0.2) is 0 Å². The van der Waals surface area contributed by atoms with Crippen molar-refractivity contribution in [2.24, 2.45) is 5.92 Å². The van der Waals surface area contributed by atoms with Crippen LogP contribution in [-0.2, 0) is 4.79 Å². The van der Waals surface area contributed by atoms with Crippen LogP contribution in [0.15, 0.2) is 48.5 Å². The van der Waals surface area contributed by atoms with Gasteiger partial charge in [0.15, 0.2) is 0 Å². The molecule has 0 aliphatic heterocycles. The Labute approximate surface area is 159 Å². The maximum atomic E-state index is 13.1. The normalized spacial score (nSPS) is 14.4. The van der Waals surface area contributed by atoms with Crippen molar-refractivity contribution in [3.8, 4) is 16.9 Å². The van der Waals surface area contributed by atoms with E-state index in [0.717, 1.165) is 29.7 Å². The van der Waals surface area contributed by atoms with Gasteiger partial charge in [0, 0.05) is 23.7 Å². The minimum atomic E-state index is -0.882. The highest BCUT2D eigenvalue weighted by Crippen LogP contribution is 2.32. The lowest BCUT2D eigenvalue weighted by molar-refractivity contribution is -0.141. The second kappa shape index (κ2) is 8.25. The lowest BCUT2D eigenvalue weighted by Crippen LogP contribution is -2.38. The van der Waals surface area contributed by atoms with Gasteiger partial charge in [-0.05, 0) is 43.5 Å². The molecular weight excluding hydrogens is 342 g/mol. The summed E-state index contributed by atoms with van der Waals surface area (Å²) >= 11 is 0. The van der Waals surface area contributed by atoms with Crippen LogP contribution in [-0.4, -0.2) is 41.1 Å². The molecule has 142 valence electrons. The van der Waals surface area contributed by atoms with Gasteiger partial charge in [-0.3, -0.25) is 9.59 Å². The number of benzene rings is 2. The van der Waals surface area contributed by atoms with E-state index in [4.69, 9.17) is 4.74 Å². The molecular formula is C22H25NO4. The molecule has 2 aromatic carbocycles. The van der Waals surface area contributed by atoms with E-state index in [0.29, 0.717) is 12.2 Å². The molecule has 1 fully saturated rings. The summed E-state index contributed by atoms with van der Waals surface area (Å²) in [6, 6.07) is 15.4. The fraction of sp³-hybridized carbons (Fsp3) is 0.364. The third-order valence-corrected chi connectivity index (χ3v) is 4.75. The molecule has 1 unspecified atom stereocenters. The van der Waals surface area contributed by atoms with Crippen LogP contribution in [0.5, 0.6) is 5.75 Å². The monoisotopic (exact) mass is 367 g/mol. The summed E-state index contributed by atoms with van der Waals surface area (Å²) in [5, 5.41) is 9.21.